The van der Waals surface area contributed by atoms with Crippen molar-refractivity contribution >= 4 is 11.6 Å². The molecule has 1 saturated carbocycles. The number of halogens is 2. The van der Waals surface area contributed by atoms with Crippen LogP contribution in [-0.2, 0) is 6.42 Å². The molecule has 19 heavy (non-hydrogen) atoms. The highest BCUT2D eigenvalue weighted by Gasteiger charge is 2.33. The van der Waals surface area contributed by atoms with Crippen LogP contribution in [0.1, 0.15) is 45.1 Å². The van der Waals surface area contributed by atoms with Gasteiger partial charge in [-0.05, 0) is 67.7 Å². The fourth-order valence-electron chi connectivity index (χ4n) is 3.12. The minimum absolute atomic E-state index is 0.219. The third-order valence-corrected chi connectivity index (χ3v) is 4.89. The second kappa shape index (κ2) is 5.80. The highest BCUT2D eigenvalue weighted by Crippen LogP contribution is 2.37. The van der Waals surface area contributed by atoms with E-state index >= 15 is 0 Å². The Bertz CT molecular complexity index is 436. The molecule has 0 heterocycles. The Morgan fingerprint density at radius 3 is 2.58 bits per heavy atom. The molecule has 0 atom stereocenters. The molecule has 106 valence electrons. The standard InChI is InChI=1S/C16H23ClFN/c1-11(2)12-5-7-16(19,8-6-12)10-13-9-14(18)3-4-15(13)17/h3-4,9,11-12H,5-8,10,19H2,1-2H3. The topological polar surface area (TPSA) is 26.0 Å². The van der Waals surface area contributed by atoms with E-state index in [0.29, 0.717) is 11.4 Å². The van der Waals surface area contributed by atoms with E-state index in [2.05, 4.69) is 13.8 Å². The van der Waals surface area contributed by atoms with Gasteiger partial charge < -0.3 is 5.73 Å². The summed E-state index contributed by atoms with van der Waals surface area (Å²) in [5.41, 5.74) is 7.11. The van der Waals surface area contributed by atoms with Crippen molar-refractivity contribution in [1.29, 1.82) is 0 Å². The van der Waals surface area contributed by atoms with Crippen molar-refractivity contribution < 1.29 is 4.39 Å². The molecule has 1 aliphatic carbocycles. The van der Waals surface area contributed by atoms with Crippen LogP contribution in [0.2, 0.25) is 5.02 Å². The SMILES string of the molecule is CC(C)C1CCC(N)(Cc2cc(F)ccc2Cl)CC1. The van der Waals surface area contributed by atoms with Crippen molar-refractivity contribution in [3.8, 4) is 0 Å². The van der Waals surface area contributed by atoms with Crippen LogP contribution < -0.4 is 5.73 Å². The zero-order chi connectivity index (χ0) is 14.0. The van der Waals surface area contributed by atoms with Gasteiger partial charge in [0.1, 0.15) is 5.82 Å². The third kappa shape index (κ3) is 3.70. The van der Waals surface area contributed by atoms with Crippen LogP contribution in [0.25, 0.3) is 0 Å². The quantitative estimate of drug-likeness (QED) is 0.864. The summed E-state index contributed by atoms with van der Waals surface area (Å²) in [5.74, 6) is 1.26. The van der Waals surface area contributed by atoms with E-state index in [4.69, 9.17) is 17.3 Å². The molecule has 0 unspecified atom stereocenters. The first-order chi connectivity index (χ1) is 8.89. The average Bonchev–Trinajstić information content (AvgIpc) is 2.34. The fourth-order valence-corrected chi connectivity index (χ4v) is 3.30. The summed E-state index contributed by atoms with van der Waals surface area (Å²) in [4.78, 5) is 0. The number of hydrogen-bond donors (Lipinski definition) is 1. The zero-order valence-corrected chi connectivity index (χ0v) is 12.5. The lowest BCUT2D eigenvalue weighted by molar-refractivity contribution is 0.194. The van der Waals surface area contributed by atoms with Gasteiger partial charge in [-0.1, -0.05) is 25.4 Å². The molecule has 0 radical (unpaired) electrons. The largest absolute Gasteiger partial charge is 0.325 e. The van der Waals surface area contributed by atoms with Crippen LogP contribution in [0, 0.1) is 17.7 Å². The summed E-state index contributed by atoms with van der Waals surface area (Å²) in [7, 11) is 0. The van der Waals surface area contributed by atoms with Crippen LogP contribution in [-0.4, -0.2) is 5.54 Å². The van der Waals surface area contributed by atoms with E-state index in [1.807, 2.05) is 0 Å². The van der Waals surface area contributed by atoms with Gasteiger partial charge in [0.15, 0.2) is 0 Å². The monoisotopic (exact) mass is 283 g/mol. The van der Waals surface area contributed by atoms with Crippen LogP contribution in [0.4, 0.5) is 4.39 Å². The molecule has 1 aromatic rings. The lowest BCUT2D eigenvalue weighted by Crippen LogP contribution is -2.45. The van der Waals surface area contributed by atoms with Crippen molar-refractivity contribution in [3.63, 3.8) is 0 Å². The van der Waals surface area contributed by atoms with Gasteiger partial charge in [-0.25, -0.2) is 4.39 Å². The van der Waals surface area contributed by atoms with Gasteiger partial charge in [0, 0.05) is 10.6 Å². The summed E-state index contributed by atoms with van der Waals surface area (Å²) in [6, 6.07) is 4.53. The van der Waals surface area contributed by atoms with Crippen LogP contribution >= 0.6 is 11.6 Å². The van der Waals surface area contributed by atoms with E-state index < -0.39 is 0 Å². The maximum atomic E-state index is 13.3. The molecule has 1 aliphatic rings. The Hall–Kier alpha value is -0.600. The maximum Gasteiger partial charge on any atom is 0.123 e. The van der Waals surface area contributed by atoms with Gasteiger partial charge in [-0.3, -0.25) is 0 Å². The van der Waals surface area contributed by atoms with Crippen molar-refractivity contribution in [3.05, 3.63) is 34.6 Å². The summed E-state index contributed by atoms with van der Waals surface area (Å²) in [6.45, 7) is 4.55. The van der Waals surface area contributed by atoms with Crippen LogP contribution in [0.3, 0.4) is 0 Å². The van der Waals surface area contributed by atoms with Gasteiger partial charge >= 0.3 is 0 Å². The second-order valence-corrected chi connectivity index (χ2v) is 6.76. The van der Waals surface area contributed by atoms with Gasteiger partial charge in [0.25, 0.3) is 0 Å². The molecule has 1 nitrogen and oxygen atoms in total. The Labute approximate surface area is 120 Å². The molecule has 0 spiro atoms. The van der Waals surface area contributed by atoms with Crippen LogP contribution in [0.15, 0.2) is 18.2 Å². The minimum atomic E-state index is -0.237. The molecule has 0 bridgehead atoms. The lowest BCUT2D eigenvalue weighted by atomic mass is 9.71. The molecular formula is C16H23ClFN. The zero-order valence-electron chi connectivity index (χ0n) is 11.8. The van der Waals surface area contributed by atoms with E-state index in [1.54, 1.807) is 6.07 Å². The summed E-state index contributed by atoms with van der Waals surface area (Å²) in [5, 5.41) is 0.622. The maximum absolute atomic E-state index is 13.3. The Balaban J connectivity index is 2.05. The Morgan fingerprint density at radius 1 is 1.37 bits per heavy atom. The summed E-state index contributed by atoms with van der Waals surface area (Å²) in [6.07, 6.45) is 5.02. The average molecular weight is 284 g/mol. The molecule has 1 fully saturated rings. The van der Waals surface area contributed by atoms with Crippen LogP contribution in [0.5, 0.6) is 0 Å². The first kappa shape index (κ1) is 14.8. The molecular weight excluding hydrogens is 261 g/mol. The molecule has 0 saturated heterocycles. The van der Waals surface area contributed by atoms with E-state index in [1.165, 1.54) is 25.0 Å². The molecule has 0 amide bonds. The number of rotatable bonds is 3. The smallest absolute Gasteiger partial charge is 0.123 e. The first-order valence-corrected chi connectivity index (χ1v) is 7.50. The van der Waals surface area contributed by atoms with Gasteiger partial charge in [0.2, 0.25) is 0 Å². The first-order valence-electron chi connectivity index (χ1n) is 7.12. The molecule has 1 aromatic carbocycles. The number of benzene rings is 1. The minimum Gasteiger partial charge on any atom is -0.325 e. The summed E-state index contributed by atoms with van der Waals surface area (Å²) < 4.78 is 13.3. The highest BCUT2D eigenvalue weighted by molar-refractivity contribution is 6.31. The van der Waals surface area contributed by atoms with Crippen molar-refractivity contribution in [2.45, 2.75) is 51.5 Å². The van der Waals surface area contributed by atoms with Crippen molar-refractivity contribution in [2.75, 3.05) is 0 Å². The van der Waals surface area contributed by atoms with Crippen molar-refractivity contribution in [1.82, 2.24) is 0 Å². The van der Waals surface area contributed by atoms with E-state index in [9.17, 15) is 4.39 Å². The Kier molecular flexibility index (Phi) is 4.52. The number of nitrogens with two attached hydrogens (primary N) is 1. The predicted molar refractivity (Wildman–Crippen MR) is 78.8 cm³/mol. The molecule has 0 aromatic heterocycles. The predicted octanol–water partition coefficient (Wildman–Crippen LogP) is 4.57. The van der Waals surface area contributed by atoms with E-state index in [0.717, 1.165) is 30.2 Å². The third-order valence-electron chi connectivity index (χ3n) is 4.52. The molecule has 2 N–H and O–H groups in total. The molecule has 3 heteroatoms. The second-order valence-electron chi connectivity index (χ2n) is 6.36. The lowest BCUT2D eigenvalue weighted by Gasteiger charge is -2.39. The normalized spacial score (nSPS) is 27.8. The van der Waals surface area contributed by atoms with Gasteiger partial charge in [-0.2, -0.15) is 0 Å². The Morgan fingerprint density at radius 2 is 2.00 bits per heavy atom. The summed E-state index contributed by atoms with van der Waals surface area (Å²) >= 11 is 6.13. The van der Waals surface area contributed by atoms with Gasteiger partial charge in [-0.15, -0.1) is 0 Å². The number of hydrogen-bond acceptors (Lipinski definition) is 1. The van der Waals surface area contributed by atoms with Gasteiger partial charge in [0.05, 0.1) is 0 Å². The molecule has 2 rings (SSSR count). The van der Waals surface area contributed by atoms with Crippen molar-refractivity contribution in [2.24, 2.45) is 17.6 Å². The van der Waals surface area contributed by atoms with E-state index in [-0.39, 0.29) is 11.4 Å². The highest BCUT2D eigenvalue weighted by atomic mass is 35.5. The molecule has 0 aliphatic heterocycles. The fraction of sp³-hybridized carbons (Fsp3) is 0.625.